The van der Waals surface area contributed by atoms with Gasteiger partial charge in [0.2, 0.25) is 0 Å². The van der Waals surface area contributed by atoms with Crippen molar-refractivity contribution < 1.29 is 4.74 Å². The van der Waals surface area contributed by atoms with E-state index in [1.807, 2.05) is 6.07 Å². The molecule has 5 nitrogen and oxygen atoms in total. The number of aliphatic imine (C=N–C) groups is 1. The highest BCUT2D eigenvalue weighted by atomic mass is 16.5. The third-order valence-corrected chi connectivity index (χ3v) is 4.52. The molecule has 24 heavy (non-hydrogen) atoms. The number of benzene rings is 1. The Hall–Kier alpha value is -1.59. The van der Waals surface area contributed by atoms with Crippen LogP contribution in [0.1, 0.15) is 45.2 Å². The fourth-order valence-electron chi connectivity index (χ4n) is 3.00. The molecule has 0 saturated carbocycles. The van der Waals surface area contributed by atoms with E-state index in [1.165, 1.54) is 5.56 Å². The largest absolute Gasteiger partial charge is 0.381 e. The maximum atomic E-state index is 6.02. The van der Waals surface area contributed by atoms with Gasteiger partial charge in [-0.25, -0.2) is 0 Å². The highest BCUT2D eigenvalue weighted by Crippen LogP contribution is 2.25. The van der Waals surface area contributed by atoms with Crippen LogP contribution in [-0.4, -0.2) is 37.8 Å². The van der Waals surface area contributed by atoms with E-state index >= 15 is 0 Å². The summed E-state index contributed by atoms with van der Waals surface area (Å²) in [5.74, 6) is 1.08. The molecule has 1 aliphatic rings. The molecule has 134 valence electrons. The number of hydrogen-bond acceptors (Lipinski definition) is 3. The van der Waals surface area contributed by atoms with Crippen LogP contribution in [0.25, 0.3) is 0 Å². The van der Waals surface area contributed by atoms with Crippen LogP contribution in [0.2, 0.25) is 0 Å². The Balaban J connectivity index is 2.02. The van der Waals surface area contributed by atoms with E-state index in [9.17, 15) is 0 Å². The number of nitrogens with zero attached hydrogens (tertiary/aromatic N) is 1. The molecule has 1 fully saturated rings. The second-order valence-electron chi connectivity index (χ2n) is 7.15. The number of nitrogens with one attached hydrogen (secondary N) is 2. The van der Waals surface area contributed by atoms with Gasteiger partial charge in [-0.3, -0.25) is 4.99 Å². The molecule has 1 aliphatic heterocycles. The fraction of sp³-hybridized carbons (Fsp3) is 0.632. The van der Waals surface area contributed by atoms with Crippen molar-refractivity contribution in [3.63, 3.8) is 0 Å². The van der Waals surface area contributed by atoms with E-state index in [0.29, 0.717) is 18.4 Å². The lowest BCUT2D eigenvalue weighted by Gasteiger charge is -2.39. The zero-order chi connectivity index (χ0) is 17.4. The molecule has 0 bridgehead atoms. The Morgan fingerprint density at radius 1 is 1.21 bits per heavy atom. The van der Waals surface area contributed by atoms with Crippen LogP contribution in [0.5, 0.6) is 0 Å². The quantitative estimate of drug-likeness (QED) is 0.530. The van der Waals surface area contributed by atoms with E-state index in [0.717, 1.165) is 32.6 Å². The van der Waals surface area contributed by atoms with Gasteiger partial charge >= 0.3 is 0 Å². The molecule has 0 aliphatic carbocycles. The molecule has 0 aromatic heterocycles. The third kappa shape index (κ3) is 5.80. The van der Waals surface area contributed by atoms with Crippen LogP contribution in [0.15, 0.2) is 35.3 Å². The van der Waals surface area contributed by atoms with Crippen molar-refractivity contribution in [2.24, 2.45) is 16.6 Å². The van der Waals surface area contributed by atoms with E-state index in [1.54, 1.807) is 0 Å². The van der Waals surface area contributed by atoms with E-state index in [-0.39, 0.29) is 11.6 Å². The van der Waals surface area contributed by atoms with Gasteiger partial charge < -0.3 is 21.1 Å². The topological polar surface area (TPSA) is 71.7 Å². The molecule has 1 aromatic rings. The Morgan fingerprint density at radius 2 is 1.88 bits per heavy atom. The van der Waals surface area contributed by atoms with Crippen molar-refractivity contribution in [2.75, 3.05) is 26.3 Å². The zero-order valence-corrected chi connectivity index (χ0v) is 15.2. The van der Waals surface area contributed by atoms with Crippen LogP contribution < -0.4 is 16.4 Å². The summed E-state index contributed by atoms with van der Waals surface area (Å²) in [6.45, 7) is 9.57. The molecule has 1 unspecified atom stereocenters. The summed E-state index contributed by atoms with van der Waals surface area (Å²) in [6.07, 6.45) is 1.90. The van der Waals surface area contributed by atoms with Gasteiger partial charge in [-0.15, -0.1) is 0 Å². The van der Waals surface area contributed by atoms with E-state index < -0.39 is 0 Å². The highest BCUT2D eigenvalue weighted by molar-refractivity contribution is 5.77. The first-order valence-electron chi connectivity index (χ1n) is 8.95. The summed E-state index contributed by atoms with van der Waals surface area (Å²) in [5, 5.41) is 6.99. The minimum atomic E-state index is -0.0579. The molecular formula is C19H32N4O. The maximum absolute atomic E-state index is 6.02. The molecule has 1 aromatic carbocycles. The first-order chi connectivity index (χ1) is 11.5. The van der Waals surface area contributed by atoms with Crippen LogP contribution in [-0.2, 0) is 4.74 Å². The smallest absolute Gasteiger partial charge is 0.188 e. The molecule has 0 radical (unpaired) electrons. The third-order valence-electron chi connectivity index (χ3n) is 4.52. The monoisotopic (exact) mass is 332 g/mol. The Kier molecular flexibility index (Phi) is 7.06. The lowest BCUT2D eigenvalue weighted by molar-refractivity contribution is 0.0374. The SMILES string of the molecule is CC(C)CNC(N)=NCC1(NC(C)c2ccccc2)CCOCC1. The lowest BCUT2D eigenvalue weighted by atomic mass is 9.88. The standard InChI is InChI=1S/C19H32N4O/c1-15(2)13-21-18(20)22-14-19(9-11-24-12-10-19)23-16(3)17-7-5-4-6-8-17/h4-8,15-16,23H,9-14H2,1-3H3,(H3,20,21,22). The number of guanidine groups is 1. The number of hydrogen-bond donors (Lipinski definition) is 3. The first kappa shape index (κ1) is 18.7. The summed E-state index contributed by atoms with van der Waals surface area (Å²) in [4.78, 5) is 4.60. The second-order valence-corrected chi connectivity index (χ2v) is 7.15. The molecule has 1 heterocycles. The van der Waals surface area contributed by atoms with Crippen LogP contribution in [0, 0.1) is 5.92 Å². The van der Waals surface area contributed by atoms with Crippen molar-refractivity contribution in [1.82, 2.24) is 10.6 Å². The highest BCUT2D eigenvalue weighted by Gasteiger charge is 2.33. The second kappa shape index (κ2) is 9.04. The van der Waals surface area contributed by atoms with Crippen molar-refractivity contribution in [2.45, 2.75) is 45.2 Å². The van der Waals surface area contributed by atoms with Gasteiger partial charge in [-0.1, -0.05) is 44.2 Å². The van der Waals surface area contributed by atoms with Gasteiger partial charge in [0.15, 0.2) is 5.96 Å². The average Bonchev–Trinajstić information content (AvgIpc) is 2.60. The molecular weight excluding hydrogens is 300 g/mol. The predicted molar refractivity (Wildman–Crippen MR) is 100 cm³/mol. The van der Waals surface area contributed by atoms with Gasteiger partial charge in [0.25, 0.3) is 0 Å². The van der Waals surface area contributed by atoms with Gasteiger partial charge in [-0.2, -0.15) is 0 Å². The maximum Gasteiger partial charge on any atom is 0.188 e. The number of rotatable bonds is 7. The van der Waals surface area contributed by atoms with E-state index in [4.69, 9.17) is 10.5 Å². The number of nitrogens with two attached hydrogens (primary N) is 1. The molecule has 1 saturated heterocycles. The summed E-state index contributed by atoms with van der Waals surface area (Å²) < 4.78 is 5.56. The first-order valence-corrected chi connectivity index (χ1v) is 8.95. The van der Waals surface area contributed by atoms with Crippen molar-refractivity contribution in [3.8, 4) is 0 Å². The summed E-state index contributed by atoms with van der Waals surface area (Å²) in [7, 11) is 0. The summed E-state index contributed by atoms with van der Waals surface area (Å²) in [5.41, 5.74) is 7.25. The minimum Gasteiger partial charge on any atom is -0.381 e. The average molecular weight is 332 g/mol. The van der Waals surface area contributed by atoms with Gasteiger partial charge in [0, 0.05) is 31.3 Å². The molecule has 5 heteroatoms. The van der Waals surface area contributed by atoms with Gasteiger partial charge in [0.1, 0.15) is 0 Å². The van der Waals surface area contributed by atoms with Gasteiger partial charge in [0.05, 0.1) is 6.54 Å². The minimum absolute atomic E-state index is 0.0579. The van der Waals surface area contributed by atoms with Crippen LogP contribution in [0.4, 0.5) is 0 Å². The summed E-state index contributed by atoms with van der Waals surface area (Å²) in [6, 6.07) is 10.8. The van der Waals surface area contributed by atoms with Crippen molar-refractivity contribution in [3.05, 3.63) is 35.9 Å². The molecule has 1 atom stereocenters. The fourth-order valence-corrected chi connectivity index (χ4v) is 3.00. The Bertz CT molecular complexity index is 509. The summed E-state index contributed by atoms with van der Waals surface area (Å²) >= 11 is 0. The predicted octanol–water partition coefficient (Wildman–Crippen LogP) is 2.45. The normalized spacial score (nSPS) is 19.2. The molecule has 0 spiro atoms. The van der Waals surface area contributed by atoms with Crippen molar-refractivity contribution >= 4 is 5.96 Å². The Labute approximate surface area is 146 Å². The number of ether oxygens (including phenoxy) is 1. The van der Waals surface area contributed by atoms with Crippen LogP contribution in [0.3, 0.4) is 0 Å². The van der Waals surface area contributed by atoms with E-state index in [2.05, 4.69) is 60.7 Å². The molecule has 4 N–H and O–H groups in total. The van der Waals surface area contributed by atoms with Crippen LogP contribution >= 0.6 is 0 Å². The lowest BCUT2D eigenvalue weighted by Crippen LogP contribution is -2.53. The van der Waals surface area contributed by atoms with Crippen molar-refractivity contribution in [1.29, 1.82) is 0 Å². The Morgan fingerprint density at radius 3 is 2.50 bits per heavy atom. The molecule has 2 rings (SSSR count). The van der Waals surface area contributed by atoms with Gasteiger partial charge in [-0.05, 0) is 31.2 Å². The zero-order valence-electron chi connectivity index (χ0n) is 15.2. The molecule has 0 amide bonds.